The molecule has 0 bridgehead atoms. The van der Waals surface area contributed by atoms with Gasteiger partial charge in [-0.05, 0) is 50.7 Å². The molecule has 1 aliphatic rings. The molecule has 0 unspecified atom stereocenters. The Morgan fingerprint density at radius 1 is 1.27 bits per heavy atom. The predicted molar refractivity (Wildman–Crippen MR) is 89.0 cm³/mol. The maximum absolute atomic E-state index is 12.5. The van der Waals surface area contributed by atoms with Gasteiger partial charge in [-0.2, -0.15) is 5.10 Å². The molecular formula is C18H21N3O. The highest BCUT2D eigenvalue weighted by Gasteiger charge is 2.15. The minimum atomic E-state index is -0.159. The summed E-state index contributed by atoms with van der Waals surface area (Å²) in [6.45, 7) is 4.17. The summed E-state index contributed by atoms with van der Waals surface area (Å²) in [6, 6.07) is 9.52. The Labute approximate surface area is 130 Å². The number of amides is 1. The molecule has 1 saturated carbocycles. The summed E-state index contributed by atoms with van der Waals surface area (Å²) in [6.07, 6.45) is 4.28. The molecule has 1 aliphatic carbocycles. The molecule has 1 fully saturated rings. The van der Waals surface area contributed by atoms with Crippen LogP contribution in [0.25, 0.3) is 10.9 Å². The van der Waals surface area contributed by atoms with E-state index in [0.29, 0.717) is 5.56 Å². The maximum Gasteiger partial charge on any atom is 0.272 e. The number of fused-ring (bicyclic) bond motifs is 1. The van der Waals surface area contributed by atoms with Gasteiger partial charge in [0.25, 0.3) is 5.91 Å². The minimum absolute atomic E-state index is 0.159. The zero-order chi connectivity index (χ0) is 15.5. The van der Waals surface area contributed by atoms with E-state index in [4.69, 9.17) is 0 Å². The van der Waals surface area contributed by atoms with Crippen LogP contribution >= 0.6 is 0 Å². The van der Waals surface area contributed by atoms with Gasteiger partial charge in [0.05, 0.1) is 11.1 Å². The van der Waals surface area contributed by atoms with E-state index in [1.165, 1.54) is 0 Å². The Hall–Kier alpha value is -2.23. The number of aromatic nitrogens is 1. The second kappa shape index (κ2) is 6.26. The average molecular weight is 295 g/mol. The van der Waals surface area contributed by atoms with Gasteiger partial charge in [0, 0.05) is 16.8 Å². The van der Waals surface area contributed by atoms with E-state index in [1.807, 2.05) is 37.3 Å². The van der Waals surface area contributed by atoms with Crippen LogP contribution in [0.3, 0.4) is 0 Å². The standard InChI is InChI=1S/C18H21N3O/c1-12-7-9-14(10-8-12)20-21-18(22)16-11-13(2)19-17-6-4-3-5-15(16)17/h3-6,11-12H,7-10H2,1-2H3,(H,21,22). The van der Waals surface area contributed by atoms with Gasteiger partial charge in [0.2, 0.25) is 0 Å². The van der Waals surface area contributed by atoms with Crippen molar-refractivity contribution in [3.8, 4) is 0 Å². The predicted octanol–water partition coefficient (Wildman–Crippen LogP) is 3.84. The third-order valence-electron chi connectivity index (χ3n) is 4.26. The molecule has 0 radical (unpaired) electrons. The molecule has 0 spiro atoms. The molecule has 0 aliphatic heterocycles. The fourth-order valence-corrected chi connectivity index (χ4v) is 2.89. The number of pyridine rings is 1. The zero-order valence-electron chi connectivity index (χ0n) is 13.1. The summed E-state index contributed by atoms with van der Waals surface area (Å²) < 4.78 is 0. The number of hydrogen-bond donors (Lipinski definition) is 1. The van der Waals surface area contributed by atoms with Crippen LogP contribution in [0.5, 0.6) is 0 Å². The number of hydrazone groups is 1. The Morgan fingerprint density at radius 3 is 2.77 bits per heavy atom. The van der Waals surface area contributed by atoms with E-state index in [1.54, 1.807) is 0 Å². The quantitative estimate of drug-likeness (QED) is 0.856. The van der Waals surface area contributed by atoms with Gasteiger partial charge >= 0.3 is 0 Å². The van der Waals surface area contributed by atoms with E-state index >= 15 is 0 Å². The molecule has 0 saturated heterocycles. The Bertz CT molecular complexity index is 726. The lowest BCUT2D eigenvalue weighted by molar-refractivity contribution is 0.0956. The van der Waals surface area contributed by atoms with Gasteiger partial charge in [0.15, 0.2) is 0 Å². The lowest BCUT2D eigenvalue weighted by Gasteiger charge is -2.18. The van der Waals surface area contributed by atoms with E-state index in [-0.39, 0.29) is 5.91 Å². The van der Waals surface area contributed by atoms with Crippen LogP contribution in [0, 0.1) is 12.8 Å². The number of aryl methyl sites for hydroxylation is 1. The van der Waals surface area contributed by atoms with Crippen molar-refractivity contribution in [1.82, 2.24) is 10.4 Å². The third-order valence-corrected chi connectivity index (χ3v) is 4.26. The molecule has 2 aromatic rings. The van der Waals surface area contributed by atoms with Crippen LogP contribution in [0.1, 0.15) is 48.7 Å². The van der Waals surface area contributed by atoms with Crippen LogP contribution in [-0.4, -0.2) is 16.6 Å². The highest BCUT2D eigenvalue weighted by atomic mass is 16.2. The average Bonchev–Trinajstić information content (AvgIpc) is 2.53. The first kappa shape index (κ1) is 14.7. The normalized spacial score (nSPS) is 18.3. The lowest BCUT2D eigenvalue weighted by atomic mass is 9.90. The van der Waals surface area contributed by atoms with Gasteiger partial charge in [-0.1, -0.05) is 25.1 Å². The van der Waals surface area contributed by atoms with Gasteiger partial charge in [-0.15, -0.1) is 0 Å². The maximum atomic E-state index is 12.5. The van der Waals surface area contributed by atoms with Crippen molar-refractivity contribution < 1.29 is 4.79 Å². The van der Waals surface area contributed by atoms with Crippen LogP contribution in [0.2, 0.25) is 0 Å². The summed E-state index contributed by atoms with van der Waals surface area (Å²) >= 11 is 0. The molecule has 114 valence electrons. The van der Waals surface area contributed by atoms with Gasteiger partial charge in [0.1, 0.15) is 0 Å². The molecule has 1 aromatic carbocycles. The van der Waals surface area contributed by atoms with E-state index in [9.17, 15) is 4.79 Å². The van der Waals surface area contributed by atoms with E-state index < -0.39 is 0 Å². The first-order valence-corrected chi connectivity index (χ1v) is 7.85. The summed E-state index contributed by atoms with van der Waals surface area (Å²) in [7, 11) is 0. The number of para-hydroxylation sites is 1. The highest BCUT2D eigenvalue weighted by Crippen LogP contribution is 2.21. The summed E-state index contributed by atoms with van der Waals surface area (Å²) in [4.78, 5) is 16.9. The molecule has 3 rings (SSSR count). The Balaban J connectivity index is 1.82. The largest absolute Gasteiger partial charge is 0.272 e. The zero-order valence-corrected chi connectivity index (χ0v) is 13.1. The number of carbonyl (C=O) groups is 1. The molecule has 1 amide bonds. The van der Waals surface area contributed by atoms with Crippen LogP contribution < -0.4 is 5.43 Å². The third kappa shape index (κ3) is 3.16. The van der Waals surface area contributed by atoms with Crippen molar-refractivity contribution in [2.75, 3.05) is 0 Å². The molecule has 22 heavy (non-hydrogen) atoms. The number of nitrogens with one attached hydrogen (secondary N) is 1. The smallest absolute Gasteiger partial charge is 0.267 e. The lowest BCUT2D eigenvalue weighted by Crippen LogP contribution is -2.22. The SMILES string of the molecule is Cc1cc(C(=O)NN=C2CCC(C)CC2)c2ccccc2n1. The van der Waals surface area contributed by atoms with Crippen molar-refractivity contribution in [2.24, 2.45) is 11.0 Å². The number of nitrogens with zero attached hydrogens (tertiary/aromatic N) is 2. The number of carbonyl (C=O) groups excluding carboxylic acids is 1. The van der Waals surface area contributed by atoms with Crippen molar-refractivity contribution >= 4 is 22.5 Å². The monoisotopic (exact) mass is 295 g/mol. The number of hydrogen-bond acceptors (Lipinski definition) is 3. The molecule has 4 nitrogen and oxygen atoms in total. The van der Waals surface area contributed by atoms with Crippen molar-refractivity contribution in [3.05, 3.63) is 41.6 Å². The fraction of sp³-hybridized carbons (Fsp3) is 0.389. The van der Waals surface area contributed by atoms with Crippen LogP contribution in [0.15, 0.2) is 35.4 Å². The highest BCUT2D eigenvalue weighted by molar-refractivity contribution is 6.06. The van der Waals surface area contributed by atoms with Gasteiger partial charge in [-0.25, -0.2) is 5.43 Å². The second-order valence-electron chi connectivity index (χ2n) is 6.13. The molecule has 1 heterocycles. The first-order chi connectivity index (χ1) is 10.6. The molecular weight excluding hydrogens is 274 g/mol. The molecule has 0 atom stereocenters. The van der Waals surface area contributed by atoms with Crippen molar-refractivity contribution in [1.29, 1.82) is 0 Å². The summed E-state index contributed by atoms with van der Waals surface area (Å²) in [5.74, 6) is 0.606. The summed E-state index contributed by atoms with van der Waals surface area (Å²) in [5.41, 5.74) is 6.13. The Morgan fingerprint density at radius 2 is 2.00 bits per heavy atom. The van der Waals surface area contributed by atoms with Crippen LogP contribution in [-0.2, 0) is 0 Å². The molecule has 1 N–H and O–H groups in total. The van der Waals surface area contributed by atoms with Gasteiger partial charge in [-0.3, -0.25) is 9.78 Å². The summed E-state index contributed by atoms with van der Waals surface area (Å²) in [5, 5.41) is 5.19. The van der Waals surface area contributed by atoms with E-state index in [2.05, 4.69) is 22.4 Å². The van der Waals surface area contributed by atoms with Crippen molar-refractivity contribution in [3.63, 3.8) is 0 Å². The fourth-order valence-electron chi connectivity index (χ4n) is 2.89. The number of rotatable bonds is 2. The Kier molecular flexibility index (Phi) is 4.18. The topological polar surface area (TPSA) is 54.4 Å². The van der Waals surface area contributed by atoms with Crippen LogP contribution in [0.4, 0.5) is 0 Å². The second-order valence-corrected chi connectivity index (χ2v) is 6.13. The van der Waals surface area contributed by atoms with Gasteiger partial charge < -0.3 is 0 Å². The minimum Gasteiger partial charge on any atom is -0.267 e. The molecule has 1 aromatic heterocycles. The van der Waals surface area contributed by atoms with E-state index in [0.717, 1.165) is 53.9 Å². The first-order valence-electron chi connectivity index (χ1n) is 7.85. The molecule has 4 heteroatoms. The van der Waals surface area contributed by atoms with Crippen molar-refractivity contribution in [2.45, 2.75) is 39.5 Å². The number of benzene rings is 1.